The number of aliphatic carboxylic acids is 1. The monoisotopic (exact) mass is 558 g/mol. The quantitative estimate of drug-likeness (QED) is 0.132. The van der Waals surface area contributed by atoms with Crippen LogP contribution in [0.4, 0.5) is 5.13 Å². The Kier molecular flexibility index (Phi) is 7.19. The number of nitrogens with two attached hydrogens (primary N) is 1. The highest BCUT2D eigenvalue weighted by molar-refractivity contribution is 8.01. The summed E-state index contributed by atoms with van der Waals surface area (Å²) in [6.07, 6.45) is 0. The number of carbonyl (C=O) groups excluding carboxylic acids is 2. The molecule has 0 bridgehead atoms. The van der Waals surface area contributed by atoms with Gasteiger partial charge in [-0.1, -0.05) is 16.9 Å². The van der Waals surface area contributed by atoms with Gasteiger partial charge in [0.15, 0.2) is 9.47 Å². The molecule has 0 radical (unpaired) electrons. The second-order valence-corrected chi connectivity index (χ2v) is 10.5. The van der Waals surface area contributed by atoms with Crippen LogP contribution in [0.3, 0.4) is 0 Å². The first-order valence-corrected chi connectivity index (χ1v) is 12.9. The van der Waals surface area contributed by atoms with Gasteiger partial charge < -0.3 is 26.1 Å². The average molecular weight is 559 g/mol. The van der Waals surface area contributed by atoms with Crippen molar-refractivity contribution in [2.24, 2.45) is 5.16 Å². The molecule has 0 spiro atoms. The molecule has 184 valence electrons. The zero-order valence-electron chi connectivity index (χ0n) is 17.4. The van der Waals surface area contributed by atoms with E-state index in [0.717, 1.165) is 39.7 Å². The summed E-state index contributed by atoms with van der Waals surface area (Å²) < 4.78 is 7.97. The van der Waals surface area contributed by atoms with Gasteiger partial charge in [-0.25, -0.2) is 14.6 Å². The number of carboxylic acids is 2. The Hall–Kier alpha value is -3.29. The molecular formula is C16H14N8O7S4. The van der Waals surface area contributed by atoms with Crippen LogP contribution in [0.15, 0.2) is 20.8 Å². The number of β-lactam (4-membered cyclic amide) rings is 1. The van der Waals surface area contributed by atoms with Crippen LogP contribution in [0.5, 0.6) is 0 Å². The fourth-order valence-electron chi connectivity index (χ4n) is 3.11. The summed E-state index contributed by atoms with van der Waals surface area (Å²) in [4.78, 5) is 62.1. The molecule has 2 aliphatic heterocycles. The second kappa shape index (κ2) is 10.1. The Bertz CT molecular complexity index is 1270. The van der Waals surface area contributed by atoms with Crippen LogP contribution < -0.4 is 11.1 Å². The number of fused-ring (bicyclic) bond motifs is 1. The minimum atomic E-state index is -1.30. The first-order chi connectivity index (χ1) is 16.7. The van der Waals surface area contributed by atoms with E-state index in [1.165, 1.54) is 18.9 Å². The number of hydrogen-bond acceptors (Lipinski definition) is 15. The van der Waals surface area contributed by atoms with Gasteiger partial charge in [0, 0.05) is 23.0 Å². The minimum absolute atomic E-state index is 0.0695. The van der Waals surface area contributed by atoms with Gasteiger partial charge in [0.05, 0.1) is 0 Å². The van der Waals surface area contributed by atoms with Crippen molar-refractivity contribution >= 4 is 81.2 Å². The first-order valence-electron chi connectivity index (χ1n) is 9.32. The lowest BCUT2D eigenvalue weighted by molar-refractivity contribution is -0.150. The van der Waals surface area contributed by atoms with Gasteiger partial charge in [0.1, 0.15) is 24.2 Å². The fourth-order valence-corrected chi connectivity index (χ4v) is 6.62. The maximum atomic E-state index is 12.9. The van der Waals surface area contributed by atoms with Crippen molar-refractivity contribution in [2.75, 3.05) is 24.3 Å². The number of hydrogen-bond donors (Lipinski definition) is 4. The van der Waals surface area contributed by atoms with Gasteiger partial charge in [-0.15, -0.1) is 11.8 Å². The third-order valence-electron chi connectivity index (χ3n) is 4.56. The van der Waals surface area contributed by atoms with Crippen molar-refractivity contribution < 1.29 is 34.2 Å². The Balaban J connectivity index is 1.48. The van der Waals surface area contributed by atoms with E-state index >= 15 is 0 Å². The molecule has 2 aliphatic rings. The molecule has 1 saturated heterocycles. The molecule has 2 amide bonds. The number of carboxylic acid groups (broad SMARTS) is 2. The summed E-state index contributed by atoms with van der Waals surface area (Å²) in [5.41, 5.74) is 5.55. The van der Waals surface area contributed by atoms with Crippen molar-refractivity contribution in [3.63, 3.8) is 0 Å². The van der Waals surface area contributed by atoms with E-state index < -0.39 is 35.2 Å². The average Bonchev–Trinajstić information content (AvgIpc) is 3.47. The van der Waals surface area contributed by atoms with E-state index in [9.17, 15) is 24.3 Å². The molecule has 1 unspecified atom stereocenters. The number of rotatable bonds is 9. The van der Waals surface area contributed by atoms with Crippen molar-refractivity contribution in [1.29, 1.82) is 0 Å². The number of oxime groups is 1. The van der Waals surface area contributed by atoms with Crippen LogP contribution in [0.2, 0.25) is 0 Å². The summed E-state index contributed by atoms with van der Waals surface area (Å²) in [7, 11) is 1.23. The number of aromatic carboxylic acids is 1. The molecule has 19 heteroatoms. The second-order valence-electron chi connectivity index (χ2n) is 6.67. The number of aromatic nitrogens is 4. The Labute approximate surface area is 212 Å². The van der Waals surface area contributed by atoms with Crippen molar-refractivity contribution in [3.8, 4) is 0 Å². The van der Waals surface area contributed by atoms with E-state index in [1.807, 2.05) is 0 Å². The van der Waals surface area contributed by atoms with Gasteiger partial charge in [-0.3, -0.25) is 14.5 Å². The first kappa shape index (κ1) is 24.8. The van der Waals surface area contributed by atoms with Crippen LogP contribution in [-0.2, 0) is 19.2 Å². The normalized spacial score (nSPS) is 19.7. The summed E-state index contributed by atoms with van der Waals surface area (Å²) in [6, 6.07) is -1.00. The molecule has 2 atom stereocenters. The maximum absolute atomic E-state index is 12.9. The number of nitrogens with zero attached hydrogens (tertiary/aromatic N) is 6. The smallest absolute Gasteiger partial charge is 0.375 e. The summed E-state index contributed by atoms with van der Waals surface area (Å²) in [5.74, 6) is -3.93. The summed E-state index contributed by atoms with van der Waals surface area (Å²) >= 11 is 4.13. The lowest BCUT2D eigenvalue weighted by Crippen LogP contribution is -2.71. The molecule has 15 nitrogen and oxygen atoms in total. The van der Waals surface area contributed by atoms with E-state index in [-0.39, 0.29) is 39.7 Å². The number of anilines is 1. The van der Waals surface area contributed by atoms with E-state index in [0.29, 0.717) is 9.91 Å². The number of nitrogens with one attached hydrogen (secondary N) is 1. The van der Waals surface area contributed by atoms with Crippen LogP contribution in [0.1, 0.15) is 16.4 Å². The largest absolute Gasteiger partial charge is 0.477 e. The van der Waals surface area contributed by atoms with Gasteiger partial charge in [-0.2, -0.15) is 13.7 Å². The molecule has 1 fully saturated rings. The molecule has 2 aromatic heterocycles. The zero-order valence-corrected chi connectivity index (χ0v) is 20.7. The predicted octanol–water partition coefficient (Wildman–Crippen LogP) is -0.449. The molecule has 5 N–H and O–H groups in total. The summed E-state index contributed by atoms with van der Waals surface area (Å²) in [5, 5.41) is 24.3. The lowest BCUT2D eigenvalue weighted by Gasteiger charge is -2.49. The molecule has 35 heavy (non-hydrogen) atoms. The van der Waals surface area contributed by atoms with Crippen LogP contribution in [0.25, 0.3) is 0 Å². The van der Waals surface area contributed by atoms with Crippen molar-refractivity contribution in [1.82, 2.24) is 28.9 Å². The molecule has 4 heterocycles. The highest BCUT2D eigenvalue weighted by Crippen LogP contribution is 2.41. The van der Waals surface area contributed by atoms with Gasteiger partial charge >= 0.3 is 11.9 Å². The number of thioether (sulfide) groups is 2. The molecule has 0 saturated carbocycles. The SMILES string of the molecule is CON=C(C(=O)NC1C(=O)N2C(C(=O)O)=C(CSc3nc(C(=O)O)ns3)CS[C@H]12)c1nsc(N)n1. The van der Waals surface area contributed by atoms with E-state index in [2.05, 4.69) is 34.0 Å². The molecule has 2 aromatic rings. The lowest BCUT2D eigenvalue weighted by atomic mass is 10.0. The van der Waals surface area contributed by atoms with Crippen LogP contribution >= 0.6 is 46.6 Å². The Morgan fingerprint density at radius 3 is 2.57 bits per heavy atom. The standard InChI is InChI=1S/C16H14N8O7S4/c1-31-21-5(8-19-15(17)34-22-8)10(25)18-6-11(26)24-7(13(27)28)4(2-32-12(6)24)3-33-16-20-9(14(29)30)23-35-16/h6,12H,2-3H2,1H3,(H,18,25)(H,27,28)(H,29,30)(H2,17,19,22)/t6?,12-/m1/s1. The van der Waals surface area contributed by atoms with Crippen molar-refractivity contribution in [2.45, 2.75) is 15.8 Å². The third-order valence-corrected chi connectivity index (χ3v) is 8.36. The summed E-state index contributed by atoms with van der Waals surface area (Å²) in [6.45, 7) is 0. The van der Waals surface area contributed by atoms with Crippen LogP contribution in [-0.4, -0.2) is 93.3 Å². The highest BCUT2D eigenvalue weighted by atomic mass is 32.2. The van der Waals surface area contributed by atoms with Crippen LogP contribution in [0, 0.1) is 0 Å². The zero-order chi connectivity index (χ0) is 25.3. The highest BCUT2D eigenvalue weighted by Gasteiger charge is 2.54. The number of amides is 2. The van der Waals surface area contributed by atoms with E-state index in [4.69, 9.17) is 10.8 Å². The topological polar surface area (TPSA) is 223 Å². The Morgan fingerprint density at radius 1 is 1.23 bits per heavy atom. The van der Waals surface area contributed by atoms with Crippen molar-refractivity contribution in [3.05, 3.63) is 22.9 Å². The minimum Gasteiger partial charge on any atom is -0.477 e. The Morgan fingerprint density at radius 2 is 1.97 bits per heavy atom. The van der Waals surface area contributed by atoms with E-state index in [1.54, 1.807) is 0 Å². The molecule has 0 aliphatic carbocycles. The van der Waals surface area contributed by atoms with Gasteiger partial charge in [0.2, 0.25) is 11.5 Å². The molecule has 4 rings (SSSR count). The maximum Gasteiger partial charge on any atom is 0.375 e. The molecule has 0 aromatic carbocycles. The van der Waals surface area contributed by atoms with Gasteiger partial charge in [0.25, 0.3) is 17.6 Å². The number of nitrogen functional groups attached to an aromatic ring is 1. The third kappa shape index (κ3) is 4.92. The predicted molar refractivity (Wildman–Crippen MR) is 125 cm³/mol. The van der Waals surface area contributed by atoms with Gasteiger partial charge in [-0.05, 0) is 17.1 Å². The number of carbonyl (C=O) groups is 4. The fraction of sp³-hybridized carbons (Fsp3) is 0.312. The molecular weight excluding hydrogens is 544 g/mol.